The Morgan fingerprint density at radius 2 is 1.57 bits per heavy atom. The van der Waals surface area contributed by atoms with Crippen LogP contribution in [-0.4, -0.2) is 50.4 Å². The monoisotopic (exact) mass is 416 g/mol. The van der Waals surface area contributed by atoms with Gasteiger partial charge >= 0.3 is 0 Å². The lowest BCUT2D eigenvalue weighted by atomic mass is 9.69. The molecule has 1 fully saturated rings. The molecular weight excluding hydrogens is 392 g/mol. The second kappa shape index (κ2) is 6.33. The van der Waals surface area contributed by atoms with Crippen LogP contribution in [0.15, 0.2) is 12.1 Å². The number of rotatable bonds is 4. The highest BCUT2D eigenvalue weighted by Gasteiger charge is 2.64. The topological polar surface area (TPSA) is 107 Å². The van der Waals surface area contributed by atoms with Crippen molar-refractivity contribution >= 4 is 0 Å². The van der Waals surface area contributed by atoms with E-state index in [4.69, 9.17) is 23.7 Å². The summed E-state index contributed by atoms with van der Waals surface area (Å²) in [4.78, 5) is 0. The lowest BCUT2D eigenvalue weighted by molar-refractivity contribution is -0.199. The smallest absolute Gasteiger partial charge is 0.201 e. The lowest BCUT2D eigenvalue weighted by Crippen LogP contribution is -2.35. The molecule has 5 rings (SSSR count). The molecule has 0 amide bonds. The Morgan fingerprint density at radius 3 is 2.20 bits per heavy atom. The molecule has 3 N–H and O–H groups in total. The van der Waals surface area contributed by atoms with Crippen molar-refractivity contribution < 1.29 is 39.0 Å². The van der Waals surface area contributed by atoms with E-state index in [-0.39, 0.29) is 40.8 Å². The van der Waals surface area contributed by atoms with Gasteiger partial charge in [0.2, 0.25) is 17.3 Å². The zero-order chi connectivity index (χ0) is 21.4. The third-order valence-corrected chi connectivity index (χ3v) is 6.77. The average molecular weight is 416 g/mol. The van der Waals surface area contributed by atoms with Gasteiger partial charge in [0.1, 0.15) is 0 Å². The van der Waals surface area contributed by atoms with E-state index in [1.54, 1.807) is 6.07 Å². The quantitative estimate of drug-likeness (QED) is 0.697. The van der Waals surface area contributed by atoms with E-state index in [0.717, 1.165) is 11.1 Å². The van der Waals surface area contributed by atoms with Crippen LogP contribution in [-0.2, 0) is 16.9 Å². The largest absolute Gasteiger partial charge is 0.502 e. The third-order valence-electron chi connectivity index (χ3n) is 6.77. The summed E-state index contributed by atoms with van der Waals surface area (Å²) in [5.74, 6) is -1.57. The molecule has 4 unspecified atom stereocenters. The Hall–Kier alpha value is -2.84. The Labute approximate surface area is 173 Å². The molecule has 3 aliphatic rings. The van der Waals surface area contributed by atoms with Crippen molar-refractivity contribution in [3.05, 3.63) is 34.4 Å². The summed E-state index contributed by atoms with van der Waals surface area (Å²) in [5.41, 5.74) is 2.84. The van der Waals surface area contributed by atoms with Crippen molar-refractivity contribution in [2.45, 2.75) is 18.1 Å². The predicted molar refractivity (Wildman–Crippen MR) is 105 cm³/mol. The van der Waals surface area contributed by atoms with Gasteiger partial charge in [0.15, 0.2) is 23.0 Å². The fourth-order valence-electron chi connectivity index (χ4n) is 5.66. The molecule has 2 aromatic rings. The number of aliphatic hydroxyl groups is 1. The van der Waals surface area contributed by atoms with E-state index in [0.29, 0.717) is 35.7 Å². The van der Waals surface area contributed by atoms with Crippen molar-refractivity contribution in [1.82, 2.24) is 0 Å². The summed E-state index contributed by atoms with van der Waals surface area (Å²) in [6.07, 6.45) is 0.630. The number of aromatic hydroxyl groups is 2. The van der Waals surface area contributed by atoms with Gasteiger partial charge in [-0.05, 0) is 35.6 Å². The fourth-order valence-corrected chi connectivity index (χ4v) is 5.66. The van der Waals surface area contributed by atoms with Gasteiger partial charge in [-0.25, -0.2) is 0 Å². The first-order chi connectivity index (χ1) is 14.4. The van der Waals surface area contributed by atoms with Gasteiger partial charge in [0, 0.05) is 17.4 Å². The molecule has 0 radical (unpaired) electrons. The molecule has 1 saturated heterocycles. The van der Waals surface area contributed by atoms with Gasteiger partial charge in [-0.3, -0.25) is 0 Å². The molecule has 0 aromatic heterocycles. The summed E-state index contributed by atoms with van der Waals surface area (Å²) in [7, 11) is 5.87. The Kier molecular flexibility index (Phi) is 4.04. The number of hydrogen-bond acceptors (Lipinski definition) is 8. The number of methoxy groups -OCH3 is 4. The molecular formula is C22H24O8. The van der Waals surface area contributed by atoms with Crippen LogP contribution >= 0.6 is 0 Å². The minimum Gasteiger partial charge on any atom is -0.502 e. The van der Waals surface area contributed by atoms with E-state index in [9.17, 15) is 15.3 Å². The minimum atomic E-state index is -1.63. The summed E-state index contributed by atoms with van der Waals surface area (Å²) < 4.78 is 27.7. The molecule has 160 valence electrons. The van der Waals surface area contributed by atoms with Crippen molar-refractivity contribution in [2.75, 3.05) is 35.0 Å². The zero-order valence-corrected chi connectivity index (χ0v) is 17.2. The van der Waals surface area contributed by atoms with Gasteiger partial charge in [-0.15, -0.1) is 0 Å². The van der Waals surface area contributed by atoms with Gasteiger partial charge < -0.3 is 39.0 Å². The maximum absolute atomic E-state index is 11.7. The van der Waals surface area contributed by atoms with Gasteiger partial charge in [-0.1, -0.05) is 0 Å². The van der Waals surface area contributed by atoms with Crippen molar-refractivity contribution in [1.29, 1.82) is 0 Å². The number of benzene rings is 2. The molecule has 2 aromatic carbocycles. The van der Waals surface area contributed by atoms with Crippen LogP contribution in [0, 0.1) is 11.8 Å². The number of fused-ring (bicyclic) bond motifs is 5. The second-order valence-electron chi connectivity index (χ2n) is 7.93. The van der Waals surface area contributed by atoms with Crippen LogP contribution in [0.1, 0.15) is 28.2 Å². The van der Waals surface area contributed by atoms with Gasteiger partial charge in [0.25, 0.3) is 0 Å². The third kappa shape index (κ3) is 2.12. The second-order valence-corrected chi connectivity index (χ2v) is 7.93. The standard InChI is InChI=1S/C22H24O8/c1-26-12-6-9-5-10-8-30-22(25)16(10)15(14(9)20(28-3)18(12)23)11-7-13(27-2)19(24)21(29-4)17(11)22/h6-7,10,15-16,23-25H,5,8H2,1-4H3. The molecule has 0 saturated carbocycles. The highest BCUT2D eigenvalue weighted by Crippen LogP contribution is 2.67. The maximum Gasteiger partial charge on any atom is 0.201 e. The molecule has 2 aliphatic carbocycles. The van der Waals surface area contributed by atoms with Crippen LogP contribution in [0.5, 0.6) is 34.5 Å². The fraction of sp³-hybridized carbons (Fsp3) is 0.455. The summed E-state index contributed by atoms with van der Waals surface area (Å²) in [5, 5.41) is 33.0. The van der Waals surface area contributed by atoms with E-state index in [2.05, 4.69) is 0 Å². The number of hydrogen-bond donors (Lipinski definition) is 3. The molecule has 8 nitrogen and oxygen atoms in total. The van der Waals surface area contributed by atoms with E-state index in [1.807, 2.05) is 6.07 Å². The van der Waals surface area contributed by atoms with Crippen molar-refractivity contribution in [2.24, 2.45) is 11.8 Å². The average Bonchev–Trinajstić information content (AvgIpc) is 3.21. The summed E-state index contributed by atoms with van der Waals surface area (Å²) in [6.45, 7) is 0.359. The van der Waals surface area contributed by atoms with E-state index in [1.165, 1.54) is 28.4 Å². The molecule has 1 heterocycles. The molecule has 0 spiro atoms. The SMILES string of the molecule is COc1cc2c(c(OC)c1O)C1c3cc(OC)c(O)c(OC)c3C3(O)OCC(C2)C13. The van der Waals surface area contributed by atoms with E-state index < -0.39 is 5.79 Å². The van der Waals surface area contributed by atoms with Crippen LogP contribution in [0.4, 0.5) is 0 Å². The molecule has 8 heteroatoms. The van der Waals surface area contributed by atoms with Crippen molar-refractivity contribution in [3.63, 3.8) is 0 Å². The molecule has 1 aliphatic heterocycles. The first kappa shape index (κ1) is 19.1. The molecule has 4 atom stereocenters. The summed E-state index contributed by atoms with van der Waals surface area (Å²) in [6, 6.07) is 3.51. The van der Waals surface area contributed by atoms with E-state index >= 15 is 0 Å². The van der Waals surface area contributed by atoms with Crippen LogP contribution in [0.3, 0.4) is 0 Å². The predicted octanol–water partition coefficient (Wildman–Crippen LogP) is 2.24. The highest BCUT2D eigenvalue weighted by molar-refractivity contribution is 5.69. The molecule has 0 bridgehead atoms. The number of phenolic OH excluding ortho intramolecular Hbond substituents is 2. The Bertz CT molecular complexity index is 1050. The van der Waals surface area contributed by atoms with Crippen molar-refractivity contribution in [3.8, 4) is 34.5 Å². The highest BCUT2D eigenvalue weighted by atomic mass is 16.6. The van der Waals surface area contributed by atoms with Crippen LogP contribution in [0.25, 0.3) is 0 Å². The van der Waals surface area contributed by atoms with Crippen LogP contribution < -0.4 is 18.9 Å². The first-order valence-corrected chi connectivity index (χ1v) is 9.72. The Balaban J connectivity index is 1.86. The Morgan fingerprint density at radius 1 is 0.933 bits per heavy atom. The first-order valence-electron chi connectivity index (χ1n) is 9.72. The molecule has 30 heavy (non-hydrogen) atoms. The lowest BCUT2D eigenvalue weighted by Gasteiger charge is -2.35. The van der Waals surface area contributed by atoms with Gasteiger partial charge in [0.05, 0.1) is 40.6 Å². The number of ether oxygens (including phenoxy) is 5. The zero-order valence-electron chi connectivity index (χ0n) is 17.2. The normalized spacial score (nSPS) is 27.8. The number of phenols is 2. The van der Waals surface area contributed by atoms with Gasteiger partial charge in [-0.2, -0.15) is 0 Å². The maximum atomic E-state index is 11.7. The minimum absolute atomic E-state index is 0.0247. The summed E-state index contributed by atoms with van der Waals surface area (Å²) >= 11 is 0. The van der Waals surface area contributed by atoms with Crippen LogP contribution in [0.2, 0.25) is 0 Å².